The molecule has 94 valence electrons. The van der Waals surface area contributed by atoms with E-state index in [1.165, 1.54) is 6.07 Å². The highest BCUT2D eigenvalue weighted by atomic mass is 19.1. The van der Waals surface area contributed by atoms with Crippen LogP contribution >= 0.6 is 0 Å². The molecule has 0 fully saturated rings. The van der Waals surface area contributed by atoms with Gasteiger partial charge in [0.2, 0.25) is 0 Å². The first-order valence-corrected chi connectivity index (χ1v) is 6.29. The molecule has 0 atom stereocenters. The van der Waals surface area contributed by atoms with Crippen LogP contribution in [0, 0.1) is 5.82 Å². The van der Waals surface area contributed by atoms with Crippen molar-refractivity contribution >= 4 is 0 Å². The van der Waals surface area contributed by atoms with E-state index in [-0.39, 0.29) is 5.82 Å². The van der Waals surface area contributed by atoms with Gasteiger partial charge in [0.25, 0.3) is 0 Å². The predicted octanol–water partition coefficient (Wildman–Crippen LogP) is 4.67. The van der Waals surface area contributed by atoms with Crippen LogP contribution in [0.3, 0.4) is 0 Å². The normalized spacial score (nSPS) is 10.3. The first kappa shape index (κ1) is 12.6. The molecule has 0 radical (unpaired) electrons. The van der Waals surface area contributed by atoms with E-state index in [1.807, 2.05) is 36.4 Å². The average Bonchev–Trinajstić information content (AvgIpc) is 2.40. The van der Waals surface area contributed by atoms with Gasteiger partial charge in [-0.25, -0.2) is 4.39 Å². The van der Waals surface area contributed by atoms with Gasteiger partial charge >= 0.3 is 0 Å². The van der Waals surface area contributed by atoms with Crippen LogP contribution in [0.15, 0.2) is 48.5 Å². The molecular formula is C16H17FO. The summed E-state index contributed by atoms with van der Waals surface area (Å²) in [7, 11) is 0. The van der Waals surface area contributed by atoms with E-state index in [0.717, 1.165) is 18.4 Å². The first-order valence-electron chi connectivity index (χ1n) is 6.29. The third-order valence-electron chi connectivity index (χ3n) is 2.79. The summed E-state index contributed by atoms with van der Waals surface area (Å²) in [6.07, 6.45) is 2.06. The number of benzene rings is 2. The molecule has 0 aliphatic carbocycles. The topological polar surface area (TPSA) is 9.23 Å². The summed E-state index contributed by atoms with van der Waals surface area (Å²) in [5.41, 5.74) is 1.49. The molecule has 2 aromatic rings. The molecule has 0 heterocycles. The molecule has 0 aromatic heterocycles. The lowest BCUT2D eigenvalue weighted by molar-refractivity contribution is 0.308. The van der Waals surface area contributed by atoms with Gasteiger partial charge in [-0.3, -0.25) is 0 Å². The van der Waals surface area contributed by atoms with Gasteiger partial charge in [-0.2, -0.15) is 0 Å². The summed E-state index contributed by atoms with van der Waals surface area (Å²) < 4.78 is 19.4. The van der Waals surface area contributed by atoms with Crippen LogP contribution in [0.5, 0.6) is 5.75 Å². The maximum atomic E-state index is 14.0. The number of unbranched alkanes of at least 4 members (excludes halogenated alkanes) is 1. The molecule has 0 bridgehead atoms. The SMILES string of the molecule is CCCCOc1ccc(-c2ccccc2)c(F)c1. The van der Waals surface area contributed by atoms with Gasteiger partial charge in [0.1, 0.15) is 11.6 Å². The lowest BCUT2D eigenvalue weighted by Crippen LogP contribution is -1.97. The Morgan fingerprint density at radius 2 is 1.83 bits per heavy atom. The monoisotopic (exact) mass is 244 g/mol. The Kier molecular flexibility index (Phi) is 4.35. The largest absolute Gasteiger partial charge is 0.493 e. The summed E-state index contributed by atoms with van der Waals surface area (Å²) in [6.45, 7) is 2.74. The van der Waals surface area contributed by atoms with Gasteiger partial charge in [0.05, 0.1) is 6.61 Å². The molecular weight excluding hydrogens is 227 g/mol. The summed E-state index contributed by atoms with van der Waals surface area (Å²) in [6, 6.07) is 14.6. The number of ether oxygens (including phenoxy) is 1. The molecule has 0 N–H and O–H groups in total. The lowest BCUT2D eigenvalue weighted by Gasteiger charge is -2.08. The molecule has 0 spiro atoms. The molecule has 18 heavy (non-hydrogen) atoms. The maximum absolute atomic E-state index is 14.0. The zero-order valence-electron chi connectivity index (χ0n) is 10.5. The van der Waals surface area contributed by atoms with Gasteiger partial charge in [-0.05, 0) is 24.1 Å². The fraction of sp³-hybridized carbons (Fsp3) is 0.250. The summed E-state index contributed by atoms with van der Waals surface area (Å²) in [5, 5.41) is 0. The average molecular weight is 244 g/mol. The zero-order valence-corrected chi connectivity index (χ0v) is 10.5. The van der Waals surface area contributed by atoms with Crippen molar-refractivity contribution < 1.29 is 9.13 Å². The fourth-order valence-corrected chi connectivity index (χ4v) is 1.77. The van der Waals surface area contributed by atoms with Gasteiger partial charge in [-0.15, -0.1) is 0 Å². The molecule has 0 aliphatic heterocycles. The van der Waals surface area contributed by atoms with Crippen LogP contribution < -0.4 is 4.74 Å². The van der Waals surface area contributed by atoms with Gasteiger partial charge in [0, 0.05) is 11.6 Å². The zero-order chi connectivity index (χ0) is 12.8. The molecule has 0 saturated heterocycles. The minimum Gasteiger partial charge on any atom is -0.493 e. The van der Waals surface area contributed by atoms with Gasteiger partial charge in [-0.1, -0.05) is 43.7 Å². The standard InChI is InChI=1S/C16H17FO/c1-2-3-11-18-14-9-10-15(16(17)12-14)13-7-5-4-6-8-13/h4-10,12H,2-3,11H2,1H3. The number of hydrogen-bond donors (Lipinski definition) is 0. The Bertz CT molecular complexity index is 494. The molecule has 0 aliphatic rings. The van der Waals surface area contributed by atoms with Crippen molar-refractivity contribution in [1.29, 1.82) is 0 Å². The van der Waals surface area contributed by atoms with Crippen molar-refractivity contribution in [3.05, 3.63) is 54.3 Å². The maximum Gasteiger partial charge on any atom is 0.134 e. The van der Waals surface area contributed by atoms with Crippen LogP contribution in [0.25, 0.3) is 11.1 Å². The fourth-order valence-electron chi connectivity index (χ4n) is 1.77. The Balaban J connectivity index is 2.15. The van der Waals surface area contributed by atoms with Crippen LogP contribution in [-0.4, -0.2) is 6.61 Å². The molecule has 2 aromatic carbocycles. The minimum atomic E-state index is -0.241. The highest BCUT2D eigenvalue weighted by molar-refractivity contribution is 5.64. The Morgan fingerprint density at radius 1 is 1.06 bits per heavy atom. The third kappa shape index (κ3) is 3.10. The summed E-state index contributed by atoms with van der Waals surface area (Å²) >= 11 is 0. The van der Waals surface area contributed by atoms with Gasteiger partial charge < -0.3 is 4.74 Å². The second-order valence-corrected chi connectivity index (χ2v) is 4.21. The molecule has 2 heteroatoms. The van der Waals surface area contributed by atoms with Crippen molar-refractivity contribution in [2.45, 2.75) is 19.8 Å². The van der Waals surface area contributed by atoms with E-state index in [1.54, 1.807) is 6.07 Å². The molecule has 2 rings (SSSR count). The quantitative estimate of drug-likeness (QED) is 0.694. The molecule has 0 amide bonds. The molecule has 0 unspecified atom stereocenters. The van der Waals surface area contributed by atoms with Crippen LogP contribution in [-0.2, 0) is 0 Å². The van der Waals surface area contributed by atoms with Crippen LogP contribution in [0.1, 0.15) is 19.8 Å². The Morgan fingerprint density at radius 3 is 2.50 bits per heavy atom. The third-order valence-corrected chi connectivity index (χ3v) is 2.79. The first-order chi connectivity index (χ1) is 8.81. The smallest absolute Gasteiger partial charge is 0.134 e. The van der Waals surface area contributed by atoms with Crippen molar-refractivity contribution in [2.75, 3.05) is 6.61 Å². The van der Waals surface area contributed by atoms with Crippen molar-refractivity contribution in [3.8, 4) is 16.9 Å². The van der Waals surface area contributed by atoms with E-state index in [9.17, 15) is 4.39 Å². The highest BCUT2D eigenvalue weighted by Crippen LogP contribution is 2.26. The molecule has 0 saturated carbocycles. The second-order valence-electron chi connectivity index (χ2n) is 4.21. The Hall–Kier alpha value is -1.83. The lowest BCUT2D eigenvalue weighted by atomic mass is 10.1. The van der Waals surface area contributed by atoms with Crippen LogP contribution in [0.2, 0.25) is 0 Å². The second kappa shape index (κ2) is 6.20. The van der Waals surface area contributed by atoms with E-state index in [2.05, 4.69) is 6.92 Å². The summed E-state index contributed by atoms with van der Waals surface area (Å²) in [4.78, 5) is 0. The highest BCUT2D eigenvalue weighted by Gasteiger charge is 2.06. The van der Waals surface area contributed by atoms with E-state index in [0.29, 0.717) is 17.9 Å². The van der Waals surface area contributed by atoms with E-state index >= 15 is 0 Å². The predicted molar refractivity (Wildman–Crippen MR) is 72.2 cm³/mol. The minimum absolute atomic E-state index is 0.241. The summed E-state index contributed by atoms with van der Waals surface area (Å²) in [5.74, 6) is 0.357. The van der Waals surface area contributed by atoms with Crippen molar-refractivity contribution in [3.63, 3.8) is 0 Å². The van der Waals surface area contributed by atoms with Crippen molar-refractivity contribution in [1.82, 2.24) is 0 Å². The number of hydrogen-bond acceptors (Lipinski definition) is 1. The number of halogens is 1. The van der Waals surface area contributed by atoms with E-state index in [4.69, 9.17) is 4.74 Å². The number of rotatable bonds is 5. The van der Waals surface area contributed by atoms with Gasteiger partial charge in [0.15, 0.2) is 0 Å². The molecule has 1 nitrogen and oxygen atoms in total. The van der Waals surface area contributed by atoms with E-state index < -0.39 is 0 Å². The Labute approximate surface area is 107 Å². The van der Waals surface area contributed by atoms with Crippen LogP contribution in [0.4, 0.5) is 4.39 Å². The van der Waals surface area contributed by atoms with Crippen molar-refractivity contribution in [2.24, 2.45) is 0 Å².